The van der Waals surface area contributed by atoms with Crippen LogP contribution in [0.25, 0.3) is 0 Å². The predicted molar refractivity (Wildman–Crippen MR) is 94.7 cm³/mol. The van der Waals surface area contributed by atoms with E-state index in [9.17, 15) is 14.7 Å². The monoisotopic (exact) mass is 348 g/mol. The first-order valence-electron chi connectivity index (χ1n) is 8.76. The van der Waals surface area contributed by atoms with E-state index in [0.717, 1.165) is 18.4 Å². The van der Waals surface area contributed by atoms with Gasteiger partial charge in [-0.25, -0.2) is 0 Å². The number of aliphatic hydroxyl groups is 1. The molecule has 1 heterocycles. The lowest BCUT2D eigenvalue weighted by Crippen LogP contribution is -2.46. The standard InChI is InChI=1S/C20H28O5/c1-13(2)6-5-7-14(3)10-18-20(12-19(23)25-18)11-16(24-15(4)21)8-9-17(20)22/h6,8-10,16-18,22H,5,7,11-12H2,1-4H3/b14-10+/t16-,17?,18-,20?/m1/s1. The lowest BCUT2D eigenvalue weighted by atomic mass is 9.68. The number of esters is 2. The van der Waals surface area contributed by atoms with Gasteiger partial charge in [-0.05, 0) is 45.8 Å². The molecule has 2 unspecified atom stereocenters. The minimum Gasteiger partial charge on any atom is -0.458 e. The van der Waals surface area contributed by atoms with Crippen LogP contribution in [0.3, 0.4) is 0 Å². The highest BCUT2D eigenvalue weighted by molar-refractivity contribution is 5.74. The second-order valence-corrected chi connectivity index (χ2v) is 7.34. The zero-order valence-corrected chi connectivity index (χ0v) is 15.5. The molecule has 0 saturated carbocycles. The average Bonchev–Trinajstić information content (AvgIpc) is 2.78. The third kappa shape index (κ3) is 4.82. The van der Waals surface area contributed by atoms with Gasteiger partial charge in [0.05, 0.1) is 17.9 Å². The van der Waals surface area contributed by atoms with E-state index in [1.54, 1.807) is 12.2 Å². The van der Waals surface area contributed by atoms with Crippen LogP contribution in [-0.2, 0) is 19.1 Å². The molecule has 138 valence electrons. The normalized spacial score (nSPS) is 31.8. The Morgan fingerprint density at radius 3 is 2.72 bits per heavy atom. The number of ether oxygens (including phenoxy) is 2. The summed E-state index contributed by atoms with van der Waals surface area (Å²) in [6, 6.07) is 0. The second kappa shape index (κ2) is 8.00. The highest BCUT2D eigenvalue weighted by Gasteiger charge is 2.54. The Labute approximate surface area is 149 Å². The van der Waals surface area contributed by atoms with Crippen molar-refractivity contribution in [2.24, 2.45) is 5.41 Å². The Morgan fingerprint density at radius 2 is 2.08 bits per heavy atom. The summed E-state index contributed by atoms with van der Waals surface area (Å²) in [6.07, 6.45) is 7.93. The lowest BCUT2D eigenvalue weighted by molar-refractivity contribution is -0.148. The largest absolute Gasteiger partial charge is 0.458 e. The summed E-state index contributed by atoms with van der Waals surface area (Å²) in [5.74, 6) is -0.703. The van der Waals surface area contributed by atoms with Crippen LogP contribution in [0.2, 0.25) is 0 Å². The van der Waals surface area contributed by atoms with Crippen LogP contribution in [0.4, 0.5) is 0 Å². The van der Waals surface area contributed by atoms with Gasteiger partial charge in [-0.1, -0.05) is 23.3 Å². The third-order valence-electron chi connectivity index (χ3n) is 4.82. The maximum atomic E-state index is 12.0. The fourth-order valence-electron chi connectivity index (χ4n) is 3.54. The molecule has 5 nitrogen and oxygen atoms in total. The molecular formula is C20H28O5. The number of rotatable bonds is 5. The van der Waals surface area contributed by atoms with Crippen molar-refractivity contribution in [2.45, 2.75) is 71.7 Å². The first kappa shape index (κ1) is 19.4. The maximum absolute atomic E-state index is 12.0. The molecule has 1 aliphatic heterocycles. The molecule has 0 bridgehead atoms. The van der Waals surface area contributed by atoms with E-state index >= 15 is 0 Å². The quantitative estimate of drug-likeness (QED) is 0.610. The minimum atomic E-state index is -0.808. The molecule has 1 saturated heterocycles. The van der Waals surface area contributed by atoms with Gasteiger partial charge in [0.15, 0.2) is 0 Å². The molecule has 2 rings (SSSR count). The first-order valence-corrected chi connectivity index (χ1v) is 8.76. The molecule has 4 atom stereocenters. The molecule has 5 heteroatoms. The number of allylic oxidation sites excluding steroid dienone is 3. The first-order chi connectivity index (χ1) is 11.7. The number of carbonyl (C=O) groups excluding carboxylic acids is 2. The smallest absolute Gasteiger partial charge is 0.307 e. The molecule has 0 aromatic rings. The van der Waals surface area contributed by atoms with E-state index in [-0.39, 0.29) is 18.4 Å². The van der Waals surface area contributed by atoms with E-state index in [1.165, 1.54) is 12.5 Å². The van der Waals surface area contributed by atoms with E-state index in [2.05, 4.69) is 19.9 Å². The van der Waals surface area contributed by atoms with Gasteiger partial charge >= 0.3 is 11.9 Å². The van der Waals surface area contributed by atoms with Gasteiger partial charge in [0.1, 0.15) is 12.2 Å². The SMILES string of the molecule is CC(=O)O[C@@H]1C=CC(O)C2(CC(=O)O[C@@H]2/C=C(\C)CCC=C(C)C)C1. The van der Waals surface area contributed by atoms with Crippen molar-refractivity contribution >= 4 is 11.9 Å². The Morgan fingerprint density at radius 1 is 1.36 bits per heavy atom. The van der Waals surface area contributed by atoms with Crippen LogP contribution in [0.1, 0.15) is 53.4 Å². The van der Waals surface area contributed by atoms with Gasteiger partial charge in [0.25, 0.3) is 0 Å². The molecule has 0 aromatic carbocycles. The van der Waals surface area contributed by atoms with Crippen molar-refractivity contribution in [2.75, 3.05) is 0 Å². The van der Waals surface area contributed by atoms with Crippen molar-refractivity contribution in [3.63, 3.8) is 0 Å². The van der Waals surface area contributed by atoms with E-state index in [4.69, 9.17) is 9.47 Å². The van der Waals surface area contributed by atoms with Gasteiger partial charge in [0, 0.05) is 13.3 Å². The average molecular weight is 348 g/mol. The fraction of sp³-hybridized carbons (Fsp3) is 0.600. The number of cyclic esters (lactones) is 1. The molecule has 0 aromatic heterocycles. The highest BCUT2D eigenvalue weighted by Crippen LogP contribution is 2.47. The topological polar surface area (TPSA) is 72.8 Å². The second-order valence-electron chi connectivity index (χ2n) is 7.34. The number of hydrogen-bond acceptors (Lipinski definition) is 5. The molecular weight excluding hydrogens is 320 g/mol. The number of carbonyl (C=O) groups is 2. The van der Waals surface area contributed by atoms with Crippen LogP contribution >= 0.6 is 0 Å². The van der Waals surface area contributed by atoms with Crippen LogP contribution in [0.15, 0.2) is 35.5 Å². The Hall–Kier alpha value is -1.88. The molecule has 2 aliphatic rings. The van der Waals surface area contributed by atoms with Gasteiger partial charge in [0.2, 0.25) is 0 Å². The van der Waals surface area contributed by atoms with E-state index < -0.39 is 23.7 Å². The Bertz CT molecular complexity index is 612. The zero-order chi connectivity index (χ0) is 18.6. The maximum Gasteiger partial charge on any atom is 0.307 e. The van der Waals surface area contributed by atoms with Gasteiger partial charge < -0.3 is 14.6 Å². The van der Waals surface area contributed by atoms with Crippen LogP contribution in [-0.4, -0.2) is 35.4 Å². The molecule has 25 heavy (non-hydrogen) atoms. The minimum absolute atomic E-state index is 0.124. The Kier molecular flexibility index (Phi) is 6.22. The zero-order valence-electron chi connectivity index (χ0n) is 15.5. The lowest BCUT2D eigenvalue weighted by Gasteiger charge is -2.39. The van der Waals surface area contributed by atoms with Crippen molar-refractivity contribution < 1.29 is 24.2 Å². The summed E-state index contributed by atoms with van der Waals surface area (Å²) in [4.78, 5) is 23.2. The van der Waals surface area contributed by atoms with Crippen LogP contribution in [0, 0.1) is 5.41 Å². The summed E-state index contributed by atoms with van der Waals surface area (Å²) in [5.41, 5.74) is 1.61. The molecule has 0 amide bonds. The fourth-order valence-corrected chi connectivity index (χ4v) is 3.54. The van der Waals surface area contributed by atoms with E-state index in [0.29, 0.717) is 6.42 Å². The third-order valence-corrected chi connectivity index (χ3v) is 4.82. The summed E-state index contributed by atoms with van der Waals surface area (Å²) >= 11 is 0. The summed E-state index contributed by atoms with van der Waals surface area (Å²) < 4.78 is 10.8. The number of aliphatic hydroxyl groups excluding tert-OH is 1. The summed E-state index contributed by atoms with van der Waals surface area (Å²) in [5, 5.41) is 10.6. The van der Waals surface area contributed by atoms with Gasteiger partial charge in [-0.15, -0.1) is 0 Å². The van der Waals surface area contributed by atoms with E-state index in [1.807, 2.05) is 13.0 Å². The molecule has 1 N–H and O–H groups in total. The van der Waals surface area contributed by atoms with Crippen molar-refractivity contribution in [1.29, 1.82) is 0 Å². The summed E-state index contributed by atoms with van der Waals surface area (Å²) in [6.45, 7) is 7.49. The molecule has 0 radical (unpaired) electrons. The van der Waals surface area contributed by atoms with Gasteiger partial charge in [-0.3, -0.25) is 9.59 Å². The summed E-state index contributed by atoms with van der Waals surface area (Å²) in [7, 11) is 0. The predicted octanol–water partition coefficient (Wildman–Crippen LogP) is 3.23. The van der Waals surface area contributed by atoms with Crippen LogP contribution < -0.4 is 0 Å². The molecule has 1 aliphatic carbocycles. The van der Waals surface area contributed by atoms with Crippen molar-refractivity contribution in [3.05, 3.63) is 35.5 Å². The molecule has 1 spiro atoms. The molecule has 1 fully saturated rings. The van der Waals surface area contributed by atoms with Crippen LogP contribution in [0.5, 0.6) is 0 Å². The van der Waals surface area contributed by atoms with Gasteiger partial charge in [-0.2, -0.15) is 0 Å². The van der Waals surface area contributed by atoms with Crippen molar-refractivity contribution in [1.82, 2.24) is 0 Å². The Balaban J connectivity index is 2.19. The highest BCUT2D eigenvalue weighted by atomic mass is 16.6. The van der Waals surface area contributed by atoms with Crippen molar-refractivity contribution in [3.8, 4) is 0 Å². The number of hydrogen-bond donors (Lipinski definition) is 1.